The SMILES string of the molecule is COC(=O)[C@@H]1CCCN1C(=O)c1cnn(-c2ccc(F)cc2)c1C. The molecule has 1 aliphatic heterocycles. The number of carbonyl (C=O) groups is 2. The number of benzene rings is 1. The van der Waals surface area contributed by atoms with Gasteiger partial charge in [-0.15, -0.1) is 0 Å². The van der Waals surface area contributed by atoms with Crippen molar-refractivity contribution in [3.63, 3.8) is 0 Å². The second-order valence-corrected chi connectivity index (χ2v) is 5.71. The molecule has 1 aromatic carbocycles. The number of halogens is 1. The van der Waals surface area contributed by atoms with Crippen molar-refractivity contribution in [2.75, 3.05) is 13.7 Å². The summed E-state index contributed by atoms with van der Waals surface area (Å²) in [6.07, 6.45) is 2.84. The maximum Gasteiger partial charge on any atom is 0.328 e. The molecule has 1 fully saturated rings. The number of hydrogen-bond acceptors (Lipinski definition) is 4. The monoisotopic (exact) mass is 331 g/mol. The van der Waals surface area contributed by atoms with E-state index in [0.717, 1.165) is 6.42 Å². The van der Waals surface area contributed by atoms with Crippen LogP contribution in [0, 0.1) is 12.7 Å². The van der Waals surface area contributed by atoms with E-state index in [-0.39, 0.29) is 11.7 Å². The van der Waals surface area contributed by atoms with Gasteiger partial charge in [-0.05, 0) is 44.0 Å². The molecular weight excluding hydrogens is 313 g/mol. The summed E-state index contributed by atoms with van der Waals surface area (Å²) in [7, 11) is 1.32. The third kappa shape index (κ3) is 2.77. The second kappa shape index (κ2) is 6.43. The van der Waals surface area contributed by atoms with Crippen molar-refractivity contribution in [1.29, 1.82) is 0 Å². The summed E-state index contributed by atoms with van der Waals surface area (Å²) in [5, 5.41) is 4.23. The summed E-state index contributed by atoms with van der Waals surface area (Å²) in [4.78, 5) is 26.2. The number of ether oxygens (including phenoxy) is 1. The molecule has 3 rings (SSSR count). The average Bonchev–Trinajstić information content (AvgIpc) is 3.21. The van der Waals surface area contributed by atoms with Crippen molar-refractivity contribution in [2.24, 2.45) is 0 Å². The van der Waals surface area contributed by atoms with Gasteiger partial charge in [0.25, 0.3) is 5.91 Å². The molecule has 1 amide bonds. The zero-order valence-electron chi connectivity index (χ0n) is 13.5. The van der Waals surface area contributed by atoms with Gasteiger partial charge in [0.05, 0.1) is 30.3 Å². The molecular formula is C17H18FN3O3. The summed E-state index contributed by atoms with van der Waals surface area (Å²) in [6.45, 7) is 2.28. The van der Waals surface area contributed by atoms with Gasteiger partial charge in [-0.3, -0.25) is 4.79 Å². The van der Waals surface area contributed by atoms with E-state index >= 15 is 0 Å². The molecule has 0 saturated carbocycles. The number of amides is 1. The van der Waals surface area contributed by atoms with Crippen LogP contribution in [0.2, 0.25) is 0 Å². The van der Waals surface area contributed by atoms with E-state index in [4.69, 9.17) is 4.74 Å². The van der Waals surface area contributed by atoms with Gasteiger partial charge >= 0.3 is 5.97 Å². The van der Waals surface area contributed by atoms with Gasteiger partial charge in [0, 0.05) is 6.54 Å². The summed E-state index contributed by atoms with van der Waals surface area (Å²) >= 11 is 0. The fourth-order valence-corrected chi connectivity index (χ4v) is 3.01. The standard InChI is InChI=1S/C17H18FN3O3/c1-11-14(10-19-21(11)13-7-5-12(18)6-8-13)16(22)20-9-3-4-15(20)17(23)24-2/h5-8,10,15H,3-4,9H2,1-2H3/t15-/m0/s1. The number of methoxy groups -OCH3 is 1. The average molecular weight is 331 g/mol. The topological polar surface area (TPSA) is 64.4 Å². The summed E-state index contributed by atoms with van der Waals surface area (Å²) in [5.41, 5.74) is 1.73. The number of esters is 1. The lowest BCUT2D eigenvalue weighted by atomic mass is 10.2. The van der Waals surface area contributed by atoms with Gasteiger partial charge < -0.3 is 9.64 Å². The Morgan fingerprint density at radius 1 is 1.29 bits per heavy atom. The largest absolute Gasteiger partial charge is 0.467 e. The van der Waals surface area contributed by atoms with Crippen LogP contribution < -0.4 is 0 Å². The van der Waals surface area contributed by atoms with Crippen molar-refractivity contribution in [1.82, 2.24) is 14.7 Å². The first-order chi connectivity index (χ1) is 11.5. The lowest BCUT2D eigenvalue weighted by molar-refractivity contribution is -0.145. The Labute approximate surface area is 138 Å². The van der Waals surface area contributed by atoms with E-state index < -0.39 is 12.0 Å². The van der Waals surface area contributed by atoms with E-state index in [1.165, 1.54) is 30.3 Å². The van der Waals surface area contributed by atoms with Crippen molar-refractivity contribution in [2.45, 2.75) is 25.8 Å². The van der Waals surface area contributed by atoms with Gasteiger partial charge in [-0.2, -0.15) is 5.10 Å². The molecule has 2 aromatic rings. The zero-order valence-corrected chi connectivity index (χ0v) is 13.5. The van der Waals surface area contributed by atoms with E-state index in [1.54, 1.807) is 23.7 Å². The van der Waals surface area contributed by atoms with Crippen LogP contribution >= 0.6 is 0 Å². The third-order valence-corrected chi connectivity index (χ3v) is 4.30. The predicted octanol–water partition coefficient (Wildman–Crippen LogP) is 2.10. The van der Waals surface area contributed by atoms with E-state index in [0.29, 0.717) is 29.9 Å². The van der Waals surface area contributed by atoms with Crippen molar-refractivity contribution in [3.05, 3.63) is 47.5 Å². The van der Waals surface area contributed by atoms with Crippen molar-refractivity contribution in [3.8, 4) is 5.69 Å². The zero-order chi connectivity index (χ0) is 17.3. The number of aromatic nitrogens is 2. The predicted molar refractivity (Wildman–Crippen MR) is 84.3 cm³/mol. The lowest BCUT2D eigenvalue weighted by Gasteiger charge is -2.22. The first kappa shape index (κ1) is 16.2. The highest BCUT2D eigenvalue weighted by atomic mass is 19.1. The Morgan fingerprint density at radius 2 is 2.00 bits per heavy atom. The van der Waals surface area contributed by atoms with Gasteiger partial charge in [0.1, 0.15) is 11.9 Å². The quantitative estimate of drug-likeness (QED) is 0.808. The summed E-state index contributed by atoms with van der Waals surface area (Å²) in [6, 6.07) is 5.32. The molecule has 0 unspecified atom stereocenters. The van der Waals surface area contributed by atoms with Crippen LogP contribution in [0.1, 0.15) is 28.9 Å². The second-order valence-electron chi connectivity index (χ2n) is 5.71. The smallest absolute Gasteiger partial charge is 0.328 e. The Bertz CT molecular complexity index is 770. The van der Waals surface area contributed by atoms with Crippen molar-refractivity contribution < 1.29 is 18.7 Å². The molecule has 7 heteroatoms. The molecule has 0 spiro atoms. The maximum atomic E-state index is 13.1. The van der Waals surface area contributed by atoms with Gasteiger partial charge in [0.15, 0.2) is 0 Å². The number of nitrogens with zero attached hydrogens (tertiary/aromatic N) is 3. The number of hydrogen-bond donors (Lipinski definition) is 0. The minimum absolute atomic E-state index is 0.242. The van der Waals surface area contributed by atoms with Crippen LogP contribution in [0.3, 0.4) is 0 Å². The minimum atomic E-state index is -0.545. The molecule has 126 valence electrons. The third-order valence-electron chi connectivity index (χ3n) is 4.30. The lowest BCUT2D eigenvalue weighted by Crippen LogP contribution is -2.41. The molecule has 1 aliphatic rings. The molecule has 6 nitrogen and oxygen atoms in total. The van der Waals surface area contributed by atoms with Crippen LogP contribution in [0.15, 0.2) is 30.5 Å². The molecule has 1 aromatic heterocycles. The molecule has 0 aliphatic carbocycles. The molecule has 2 heterocycles. The van der Waals surface area contributed by atoms with Gasteiger partial charge in [-0.25, -0.2) is 13.9 Å². The van der Waals surface area contributed by atoms with Crippen LogP contribution in [-0.2, 0) is 9.53 Å². The fourth-order valence-electron chi connectivity index (χ4n) is 3.01. The fraction of sp³-hybridized carbons (Fsp3) is 0.353. The molecule has 24 heavy (non-hydrogen) atoms. The van der Waals surface area contributed by atoms with Crippen LogP contribution in [0.5, 0.6) is 0 Å². The Hall–Kier alpha value is -2.70. The summed E-state index contributed by atoms with van der Waals surface area (Å²) in [5.74, 6) is -0.976. The van der Waals surface area contributed by atoms with Gasteiger partial charge in [-0.1, -0.05) is 0 Å². The normalized spacial score (nSPS) is 17.1. The van der Waals surface area contributed by atoms with Crippen LogP contribution in [0.25, 0.3) is 5.69 Å². The Morgan fingerprint density at radius 3 is 2.67 bits per heavy atom. The Balaban J connectivity index is 1.89. The van der Waals surface area contributed by atoms with Crippen LogP contribution in [0.4, 0.5) is 4.39 Å². The number of likely N-dealkylation sites (tertiary alicyclic amines) is 1. The molecule has 0 N–H and O–H groups in total. The minimum Gasteiger partial charge on any atom is -0.467 e. The number of carbonyl (C=O) groups excluding carboxylic acids is 2. The first-order valence-electron chi connectivity index (χ1n) is 7.72. The van der Waals surface area contributed by atoms with E-state index in [9.17, 15) is 14.0 Å². The maximum absolute atomic E-state index is 13.1. The van der Waals surface area contributed by atoms with Gasteiger partial charge in [0.2, 0.25) is 0 Å². The highest BCUT2D eigenvalue weighted by molar-refractivity contribution is 5.98. The highest BCUT2D eigenvalue weighted by Gasteiger charge is 2.36. The summed E-state index contributed by atoms with van der Waals surface area (Å²) < 4.78 is 19.4. The molecule has 0 radical (unpaired) electrons. The number of rotatable bonds is 3. The first-order valence-corrected chi connectivity index (χ1v) is 7.72. The molecule has 1 saturated heterocycles. The molecule has 0 bridgehead atoms. The molecule has 1 atom stereocenters. The van der Waals surface area contributed by atoms with Crippen LogP contribution in [-0.4, -0.2) is 46.3 Å². The van der Waals surface area contributed by atoms with Crippen molar-refractivity contribution >= 4 is 11.9 Å². The highest BCUT2D eigenvalue weighted by Crippen LogP contribution is 2.23. The van der Waals surface area contributed by atoms with E-state index in [2.05, 4.69) is 5.10 Å². The van der Waals surface area contributed by atoms with E-state index in [1.807, 2.05) is 0 Å². The Kier molecular flexibility index (Phi) is 4.33.